The lowest BCUT2D eigenvalue weighted by molar-refractivity contribution is 0.207. The summed E-state index contributed by atoms with van der Waals surface area (Å²) < 4.78 is 2.00. The Labute approximate surface area is 113 Å². The van der Waals surface area contributed by atoms with Crippen LogP contribution in [0.4, 0.5) is 5.82 Å². The zero-order valence-corrected chi connectivity index (χ0v) is 11.6. The van der Waals surface area contributed by atoms with Gasteiger partial charge in [-0.25, -0.2) is 9.98 Å². The summed E-state index contributed by atoms with van der Waals surface area (Å²) in [4.78, 5) is 11.2. The highest BCUT2D eigenvalue weighted by molar-refractivity contribution is 5.65. The number of nitrogens with zero attached hydrogens (tertiary/aromatic N) is 4. The molecule has 2 aliphatic carbocycles. The Morgan fingerprint density at radius 3 is 2.79 bits per heavy atom. The van der Waals surface area contributed by atoms with Gasteiger partial charge in [-0.2, -0.15) is 0 Å². The van der Waals surface area contributed by atoms with E-state index in [1.807, 2.05) is 24.3 Å². The summed E-state index contributed by atoms with van der Waals surface area (Å²) in [6.45, 7) is 0. The van der Waals surface area contributed by atoms with Gasteiger partial charge < -0.3 is 9.47 Å². The van der Waals surface area contributed by atoms with E-state index in [9.17, 15) is 0 Å². The molecule has 2 fully saturated rings. The normalized spacial score (nSPS) is 36.0. The molecule has 1 N–H and O–H groups in total. The smallest absolute Gasteiger partial charge is 0.160 e. The Hall–Kier alpha value is -1.36. The van der Waals surface area contributed by atoms with E-state index in [2.05, 4.69) is 27.2 Å². The molecular weight excluding hydrogens is 238 g/mol. The van der Waals surface area contributed by atoms with Crippen molar-refractivity contribution in [3.63, 3.8) is 0 Å². The fourth-order valence-electron chi connectivity index (χ4n) is 4.05. The van der Waals surface area contributed by atoms with Crippen LogP contribution >= 0.6 is 0 Å². The van der Waals surface area contributed by atoms with Crippen molar-refractivity contribution in [2.45, 2.75) is 43.8 Å². The molecule has 2 saturated carbocycles. The maximum Gasteiger partial charge on any atom is 0.160 e. The molecule has 5 heteroatoms. The lowest BCUT2D eigenvalue weighted by Crippen LogP contribution is -2.49. The SMILES string of the molecule is CN1C=Nc2c(ncn2C)C1NC12CCC(CC1)C2. The molecule has 1 aromatic rings. The Morgan fingerprint density at radius 1 is 1.32 bits per heavy atom. The third-order valence-electron chi connectivity index (χ3n) is 5.15. The second kappa shape index (κ2) is 3.82. The Morgan fingerprint density at radius 2 is 2.11 bits per heavy atom. The first-order valence-corrected chi connectivity index (χ1v) is 7.22. The van der Waals surface area contributed by atoms with Crippen molar-refractivity contribution >= 4 is 12.2 Å². The van der Waals surface area contributed by atoms with Gasteiger partial charge in [-0.15, -0.1) is 0 Å². The molecule has 0 amide bonds. The van der Waals surface area contributed by atoms with E-state index in [4.69, 9.17) is 0 Å². The number of imidazole rings is 1. The molecule has 0 aromatic carbocycles. The number of aromatic nitrogens is 2. The molecule has 4 rings (SSSR count). The van der Waals surface area contributed by atoms with Gasteiger partial charge in [-0.3, -0.25) is 5.32 Å². The summed E-state index contributed by atoms with van der Waals surface area (Å²) in [6, 6.07) is 0. The lowest BCUT2D eigenvalue weighted by atomic mass is 9.93. The number of nitrogens with one attached hydrogen (secondary N) is 1. The Kier molecular flexibility index (Phi) is 2.31. The van der Waals surface area contributed by atoms with Crippen LogP contribution in [0.5, 0.6) is 0 Å². The molecule has 0 saturated heterocycles. The zero-order chi connectivity index (χ0) is 13.0. The fraction of sp³-hybridized carbons (Fsp3) is 0.714. The Bertz CT molecular complexity index is 524. The van der Waals surface area contributed by atoms with E-state index < -0.39 is 0 Å². The fourth-order valence-corrected chi connectivity index (χ4v) is 4.05. The molecule has 5 nitrogen and oxygen atoms in total. The van der Waals surface area contributed by atoms with Gasteiger partial charge in [0.05, 0.1) is 12.7 Å². The van der Waals surface area contributed by atoms with Crippen LogP contribution in [0.1, 0.15) is 44.0 Å². The van der Waals surface area contributed by atoms with E-state index in [-0.39, 0.29) is 6.17 Å². The van der Waals surface area contributed by atoms with Crippen molar-refractivity contribution in [2.75, 3.05) is 7.05 Å². The molecule has 2 bridgehead atoms. The summed E-state index contributed by atoms with van der Waals surface area (Å²) in [5, 5.41) is 3.90. The van der Waals surface area contributed by atoms with Crippen LogP contribution in [0.2, 0.25) is 0 Å². The quantitative estimate of drug-likeness (QED) is 0.883. The summed E-state index contributed by atoms with van der Waals surface area (Å²) in [5.41, 5.74) is 1.42. The number of rotatable bonds is 2. The molecule has 2 heterocycles. The van der Waals surface area contributed by atoms with Crippen molar-refractivity contribution < 1.29 is 0 Å². The summed E-state index contributed by atoms with van der Waals surface area (Å²) in [5.74, 6) is 1.94. The number of aliphatic imine (C=N–C) groups is 1. The van der Waals surface area contributed by atoms with Gasteiger partial charge in [0, 0.05) is 19.6 Å². The average Bonchev–Trinajstić information content (AvgIpc) is 3.08. The van der Waals surface area contributed by atoms with Gasteiger partial charge >= 0.3 is 0 Å². The number of fused-ring (bicyclic) bond motifs is 3. The molecule has 1 unspecified atom stereocenters. The number of hydrogen-bond donors (Lipinski definition) is 1. The molecule has 19 heavy (non-hydrogen) atoms. The van der Waals surface area contributed by atoms with Crippen LogP contribution in [0.25, 0.3) is 0 Å². The Balaban J connectivity index is 1.65. The largest absolute Gasteiger partial charge is 0.344 e. The summed E-state index contributed by atoms with van der Waals surface area (Å²) >= 11 is 0. The first-order chi connectivity index (χ1) is 9.17. The van der Waals surface area contributed by atoms with Crippen molar-refractivity contribution in [2.24, 2.45) is 18.0 Å². The van der Waals surface area contributed by atoms with Crippen molar-refractivity contribution in [1.29, 1.82) is 0 Å². The molecular formula is C14H21N5. The molecule has 1 atom stereocenters. The van der Waals surface area contributed by atoms with Gasteiger partial charge in [0.1, 0.15) is 11.9 Å². The first-order valence-electron chi connectivity index (χ1n) is 7.22. The topological polar surface area (TPSA) is 45.5 Å². The molecule has 0 radical (unpaired) electrons. The van der Waals surface area contributed by atoms with E-state index in [1.54, 1.807) is 0 Å². The van der Waals surface area contributed by atoms with Crippen molar-refractivity contribution in [1.82, 2.24) is 19.8 Å². The monoisotopic (exact) mass is 259 g/mol. The highest BCUT2D eigenvalue weighted by Gasteiger charge is 2.46. The van der Waals surface area contributed by atoms with Crippen LogP contribution in [0, 0.1) is 5.92 Å². The minimum atomic E-state index is 0.172. The van der Waals surface area contributed by atoms with Gasteiger partial charge in [0.25, 0.3) is 0 Å². The maximum absolute atomic E-state index is 4.55. The maximum atomic E-state index is 4.55. The van der Waals surface area contributed by atoms with Gasteiger partial charge in [0.2, 0.25) is 0 Å². The third-order valence-corrected chi connectivity index (χ3v) is 5.15. The van der Waals surface area contributed by atoms with Crippen LogP contribution in [-0.4, -0.2) is 33.4 Å². The van der Waals surface area contributed by atoms with E-state index in [0.29, 0.717) is 5.54 Å². The highest BCUT2D eigenvalue weighted by atomic mass is 15.3. The highest BCUT2D eigenvalue weighted by Crippen LogP contribution is 2.49. The second-order valence-corrected chi connectivity index (χ2v) is 6.45. The zero-order valence-electron chi connectivity index (χ0n) is 11.6. The summed E-state index contributed by atoms with van der Waals surface area (Å²) in [6.07, 6.45) is 10.7. The van der Waals surface area contributed by atoms with Gasteiger partial charge in [0.15, 0.2) is 5.82 Å². The van der Waals surface area contributed by atoms with Crippen LogP contribution in [-0.2, 0) is 7.05 Å². The first kappa shape index (κ1) is 11.5. The molecule has 102 valence electrons. The number of aryl methyl sites for hydroxylation is 1. The minimum Gasteiger partial charge on any atom is -0.344 e. The van der Waals surface area contributed by atoms with Crippen LogP contribution in [0.15, 0.2) is 11.3 Å². The van der Waals surface area contributed by atoms with Crippen LogP contribution in [0.3, 0.4) is 0 Å². The molecule has 3 aliphatic rings. The lowest BCUT2D eigenvalue weighted by Gasteiger charge is -2.37. The average molecular weight is 259 g/mol. The second-order valence-electron chi connectivity index (χ2n) is 6.45. The predicted octanol–water partition coefficient (Wildman–Crippen LogP) is 1.95. The third kappa shape index (κ3) is 1.64. The van der Waals surface area contributed by atoms with E-state index >= 15 is 0 Å². The van der Waals surface area contributed by atoms with Gasteiger partial charge in [-0.05, 0) is 38.0 Å². The van der Waals surface area contributed by atoms with Gasteiger partial charge in [-0.1, -0.05) is 0 Å². The molecule has 1 aliphatic heterocycles. The van der Waals surface area contributed by atoms with Crippen LogP contribution < -0.4 is 5.32 Å². The van der Waals surface area contributed by atoms with E-state index in [0.717, 1.165) is 17.4 Å². The van der Waals surface area contributed by atoms with Crippen molar-refractivity contribution in [3.05, 3.63) is 12.0 Å². The summed E-state index contributed by atoms with van der Waals surface area (Å²) in [7, 11) is 4.09. The standard InChI is InChI=1S/C14H21N5/c1-18-8-15-11-12(18)16-9-19(2)13(11)17-14-5-3-10(7-14)4-6-14/h8-10,13,17H,3-7H2,1-2H3. The predicted molar refractivity (Wildman–Crippen MR) is 74.3 cm³/mol. The van der Waals surface area contributed by atoms with Crippen molar-refractivity contribution in [3.8, 4) is 0 Å². The van der Waals surface area contributed by atoms with E-state index in [1.165, 1.54) is 32.1 Å². The minimum absolute atomic E-state index is 0.172. The number of hydrogen-bond acceptors (Lipinski definition) is 4. The molecule has 0 spiro atoms. The molecule has 1 aromatic heterocycles.